The van der Waals surface area contributed by atoms with Gasteiger partial charge in [0.05, 0.1) is 30.0 Å². The van der Waals surface area contributed by atoms with E-state index in [1.54, 1.807) is 16.8 Å². The van der Waals surface area contributed by atoms with Gasteiger partial charge >= 0.3 is 0 Å². The van der Waals surface area contributed by atoms with Crippen LogP contribution in [0.2, 0.25) is 0 Å². The highest BCUT2D eigenvalue weighted by Crippen LogP contribution is 2.30. The average Bonchev–Trinajstić information content (AvgIpc) is 3.21. The number of aryl methyl sites for hydroxylation is 1. The molecule has 0 saturated carbocycles. The van der Waals surface area contributed by atoms with Crippen molar-refractivity contribution in [1.82, 2.24) is 24.6 Å². The van der Waals surface area contributed by atoms with E-state index in [2.05, 4.69) is 25.0 Å². The zero-order valence-corrected chi connectivity index (χ0v) is 12.4. The highest BCUT2D eigenvalue weighted by Gasteiger charge is 2.14. The second-order valence-electron chi connectivity index (χ2n) is 5.20. The molecule has 0 bridgehead atoms. The largest absolute Gasteiger partial charge is 0.362 e. The van der Waals surface area contributed by atoms with E-state index in [-0.39, 0.29) is 0 Å². The van der Waals surface area contributed by atoms with Crippen LogP contribution in [-0.4, -0.2) is 24.6 Å². The average molecular weight is 300 g/mol. The highest BCUT2D eigenvalue weighted by atomic mass is 15.1. The molecule has 0 unspecified atom stereocenters. The van der Waals surface area contributed by atoms with Crippen LogP contribution in [0, 0.1) is 13.5 Å². The van der Waals surface area contributed by atoms with E-state index in [1.807, 2.05) is 43.5 Å². The number of pyridine rings is 2. The van der Waals surface area contributed by atoms with Crippen molar-refractivity contribution in [2.45, 2.75) is 6.92 Å². The molecule has 0 amide bonds. The summed E-state index contributed by atoms with van der Waals surface area (Å²) in [5, 5.41) is 7.18. The molecule has 23 heavy (non-hydrogen) atoms. The molecule has 6 nitrogen and oxygen atoms in total. The Kier molecular flexibility index (Phi) is 2.91. The summed E-state index contributed by atoms with van der Waals surface area (Å²) in [7, 11) is 0. The molecule has 0 aliphatic heterocycles. The van der Waals surface area contributed by atoms with Gasteiger partial charge in [0.25, 0.3) is 5.82 Å². The third-order valence-corrected chi connectivity index (χ3v) is 3.70. The molecule has 4 heterocycles. The van der Waals surface area contributed by atoms with Crippen molar-refractivity contribution in [3.8, 4) is 22.5 Å². The van der Waals surface area contributed by atoms with E-state index < -0.39 is 0 Å². The van der Waals surface area contributed by atoms with Gasteiger partial charge in [0, 0.05) is 22.9 Å². The van der Waals surface area contributed by atoms with E-state index >= 15 is 0 Å². The summed E-state index contributed by atoms with van der Waals surface area (Å²) in [6.45, 7) is 9.18. The minimum atomic E-state index is 0.487. The quantitative estimate of drug-likeness (QED) is 0.575. The zero-order chi connectivity index (χ0) is 15.8. The monoisotopic (exact) mass is 300 g/mol. The molecular weight excluding hydrogens is 288 g/mol. The molecule has 0 aliphatic carbocycles. The minimum Gasteiger partial charge on any atom is -0.362 e. The topological polar surface area (TPSA) is 63.2 Å². The number of H-pyrrole nitrogens is 1. The molecule has 110 valence electrons. The molecule has 0 radical (unpaired) electrons. The first kappa shape index (κ1) is 13.2. The summed E-state index contributed by atoms with van der Waals surface area (Å²) in [6.07, 6.45) is 5.25. The van der Waals surface area contributed by atoms with E-state index in [0.29, 0.717) is 5.82 Å². The summed E-state index contributed by atoms with van der Waals surface area (Å²) in [4.78, 5) is 12.3. The van der Waals surface area contributed by atoms with Crippen molar-refractivity contribution in [3.63, 3.8) is 0 Å². The Balaban J connectivity index is 1.89. The first-order valence-corrected chi connectivity index (χ1v) is 7.08. The zero-order valence-electron chi connectivity index (χ0n) is 12.4. The first-order chi connectivity index (χ1) is 11.3. The molecule has 4 rings (SSSR count). The van der Waals surface area contributed by atoms with Crippen LogP contribution in [0.4, 0.5) is 5.82 Å². The fraction of sp³-hybridized carbons (Fsp3) is 0.0588. The summed E-state index contributed by atoms with van der Waals surface area (Å²) in [6, 6.07) is 9.74. The summed E-state index contributed by atoms with van der Waals surface area (Å²) in [5.74, 6) is 0.487. The molecule has 0 fully saturated rings. The second kappa shape index (κ2) is 5.07. The number of nitrogens with zero attached hydrogens (tertiary/aromatic N) is 5. The number of fused-ring (bicyclic) bond motifs is 1. The molecular formula is C17H12N6. The SMILES string of the molecule is [C-]#[N+]c1cnc2ccc(-c3cn[nH]c3-c3cccc(C)n3)cn12. The number of rotatable bonds is 2. The van der Waals surface area contributed by atoms with Gasteiger partial charge in [-0.3, -0.25) is 10.1 Å². The van der Waals surface area contributed by atoms with Crippen molar-refractivity contribution in [1.29, 1.82) is 0 Å². The predicted molar refractivity (Wildman–Crippen MR) is 87.0 cm³/mol. The normalized spacial score (nSPS) is 10.8. The Morgan fingerprint density at radius 3 is 2.91 bits per heavy atom. The molecule has 4 aromatic heterocycles. The standard InChI is InChI=1S/C17H12N6/c1-11-4-3-5-14(21-11)17-13(8-20-22-17)12-6-7-15-19-9-16(18-2)23(15)10-12/h3-10H,1H3,(H,20,22). The van der Waals surface area contributed by atoms with Crippen molar-refractivity contribution < 1.29 is 0 Å². The summed E-state index contributed by atoms with van der Waals surface area (Å²) in [5.41, 5.74) is 5.29. The van der Waals surface area contributed by atoms with Crippen molar-refractivity contribution in [2.24, 2.45) is 0 Å². The van der Waals surface area contributed by atoms with E-state index in [1.165, 1.54) is 0 Å². The molecule has 6 heteroatoms. The Hall–Kier alpha value is -3.46. The molecule has 0 spiro atoms. The Bertz CT molecular complexity index is 1050. The van der Waals surface area contributed by atoms with Crippen LogP contribution in [0.1, 0.15) is 5.69 Å². The molecule has 1 N–H and O–H groups in total. The lowest BCUT2D eigenvalue weighted by Gasteiger charge is -2.04. The predicted octanol–water partition coefficient (Wildman–Crippen LogP) is 3.65. The Morgan fingerprint density at radius 2 is 2.09 bits per heavy atom. The van der Waals surface area contributed by atoms with Crippen LogP contribution >= 0.6 is 0 Å². The lowest BCUT2D eigenvalue weighted by molar-refractivity contribution is 1.08. The van der Waals surface area contributed by atoms with E-state index in [0.717, 1.165) is 33.9 Å². The summed E-state index contributed by atoms with van der Waals surface area (Å²) < 4.78 is 1.78. The smallest absolute Gasteiger partial charge is 0.254 e. The van der Waals surface area contributed by atoms with Gasteiger partial charge in [-0.05, 0) is 25.1 Å². The van der Waals surface area contributed by atoms with Crippen LogP contribution in [0.25, 0.3) is 33.0 Å². The van der Waals surface area contributed by atoms with E-state index in [9.17, 15) is 0 Å². The van der Waals surface area contributed by atoms with Crippen LogP contribution in [0.5, 0.6) is 0 Å². The number of imidazole rings is 1. The van der Waals surface area contributed by atoms with Gasteiger partial charge in [-0.1, -0.05) is 12.6 Å². The van der Waals surface area contributed by atoms with Crippen molar-refractivity contribution in [3.05, 3.63) is 66.0 Å². The van der Waals surface area contributed by atoms with Gasteiger partial charge < -0.3 is 4.85 Å². The second-order valence-corrected chi connectivity index (χ2v) is 5.20. The minimum absolute atomic E-state index is 0.487. The van der Waals surface area contributed by atoms with Crippen LogP contribution in [-0.2, 0) is 0 Å². The van der Waals surface area contributed by atoms with Crippen LogP contribution in [0.15, 0.2) is 48.9 Å². The maximum Gasteiger partial charge on any atom is 0.254 e. The van der Waals surface area contributed by atoms with Crippen molar-refractivity contribution in [2.75, 3.05) is 0 Å². The Labute approximate surface area is 132 Å². The number of hydrogen-bond donors (Lipinski definition) is 1. The maximum atomic E-state index is 7.22. The molecule has 0 atom stereocenters. The van der Waals surface area contributed by atoms with Crippen LogP contribution < -0.4 is 0 Å². The van der Waals surface area contributed by atoms with Gasteiger partial charge in [0.1, 0.15) is 0 Å². The third-order valence-electron chi connectivity index (χ3n) is 3.70. The van der Waals surface area contributed by atoms with Gasteiger partial charge in [-0.25, -0.2) is 9.38 Å². The third kappa shape index (κ3) is 2.15. The molecule has 0 saturated heterocycles. The molecule has 0 aliphatic rings. The van der Waals surface area contributed by atoms with Gasteiger partial charge in [-0.15, -0.1) is 0 Å². The lowest BCUT2D eigenvalue weighted by atomic mass is 10.1. The van der Waals surface area contributed by atoms with Gasteiger partial charge in [0.2, 0.25) is 5.65 Å². The summed E-state index contributed by atoms with van der Waals surface area (Å²) >= 11 is 0. The number of aromatic nitrogens is 5. The van der Waals surface area contributed by atoms with Gasteiger partial charge in [0.15, 0.2) is 0 Å². The first-order valence-electron chi connectivity index (χ1n) is 7.08. The maximum absolute atomic E-state index is 7.22. The fourth-order valence-corrected chi connectivity index (χ4v) is 2.59. The Morgan fingerprint density at radius 1 is 1.17 bits per heavy atom. The fourth-order valence-electron chi connectivity index (χ4n) is 2.59. The number of hydrogen-bond acceptors (Lipinski definition) is 3. The number of aromatic amines is 1. The highest BCUT2D eigenvalue weighted by molar-refractivity contribution is 5.79. The van der Waals surface area contributed by atoms with Crippen LogP contribution in [0.3, 0.4) is 0 Å². The molecule has 4 aromatic rings. The number of nitrogens with one attached hydrogen (secondary N) is 1. The van der Waals surface area contributed by atoms with Crippen molar-refractivity contribution >= 4 is 11.5 Å². The lowest BCUT2D eigenvalue weighted by Crippen LogP contribution is -1.90. The van der Waals surface area contributed by atoms with E-state index in [4.69, 9.17) is 6.57 Å². The van der Waals surface area contributed by atoms with Gasteiger partial charge in [-0.2, -0.15) is 5.10 Å². The molecule has 0 aromatic carbocycles.